The van der Waals surface area contributed by atoms with Crippen LogP contribution in [0.1, 0.15) is 101 Å². The molecule has 0 radical (unpaired) electrons. The highest BCUT2D eigenvalue weighted by atomic mass is 16.7. The Balaban J connectivity index is 2.19. The van der Waals surface area contributed by atoms with E-state index in [-0.39, 0.29) is 18.2 Å². The second-order valence-electron chi connectivity index (χ2n) is 16.6. The molecule has 6 atom stereocenters. The van der Waals surface area contributed by atoms with E-state index < -0.39 is 82.8 Å². The Morgan fingerprint density at radius 1 is 0.688 bits per heavy atom. The van der Waals surface area contributed by atoms with Gasteiger partial charge in [-0.25, -0.2) is 0 Å². The largest absolute Gasteiger partial charge is 0.462 e. The van der Waals surface area contributed by atoms with Crippen LogP contribution in [0.5, 0.6) is 0 Å². The molecule has 48 heavy (non-hydrogen) atoms. The monoisotopic (exact) mass is 671 g/mol. The van der Waals surface area contributed by atoms with Crippen LogP contribution in [0.3, 0.4) is 0 Å². The zero-order chi connectivity index (χ0) is 36.4. The van der Waals surface area contributed by atoms with Crippen molar-refractivity contribution in [1.82, 2.24) is 4.90 Å². The van der Waals surface area contributed by atoms with Crippen LogP contribution in [0.4, 0.5) is 0 Å². The number of allylic oxidation sites excluding steroid dienone is 1. The van der Waals surface area contributed by atoms with Crippen LogP contribution < -0.4 is 0 Å². The molecule has 11 nitrogen and oxygen atoms in total. The van der Waals surface area contributed by atoms with Gasteiger partial charge in [-0.3, -0.25) is 28.9 Å². The van der Waals surface area contributed by atoms with E-state index in [2.05, 4.69) is 0 Å². The van der Waals surface area contributed by atoms with Crippen LogP contribution in [0.15, 0.2) is 42.6 Å². The highest BCUT2D eigenvalue weighted by molar-refractivity contribution is 5.81. The predicted octanol–water partition coefficient (Wildman–Crippen LogP) is 5.70. The van der Waals surface area contributed by atoms with Crippen molar-refractivity contribution in [3.05, 3.63) is 48.2 Å². The summed E-state index contributed by atoms with van der Waals surface area (Å²) in [5.74, 6) is -3.09. The molecule has 0 unspecified atom stereocenters. The molecule has 0 aromatic heterocycles. The van der Waals surface area contributed by atoms with Crippen LogP contribution in [0.2, 0.25) is 0 Å². The molecular weight excluding hydrogens is 618 g/mol. The van der Waals surface area contributed by atoms with Crippen molar-refractivity contribution in [3.8, 4) is 0 Å². The van der Waals surface area contributed by atoms with Crippen LogP contribution >= 0.6 is 0 Å². The number of nitrogens with zero attached hydrogens (tertiary/aromatic N) is 1. The van der Waals surface area contributed by atoms with E-state index in [0.29, 0.717) is 0 Å². The summed E-state index contributed by atoms with van der Waals surface area (Å²) in [6.07, 6.45) is -3.32. The van der Waals surface area contributed by atoms with E-state index >= 15 is 0 Å². The number of hydrogen-bond donors (Lipinski definition) is 0. The first kappa shape index (κ1) is 38.7. The highest BCUT2D eigenvalue weighted by Crippen LogP contribution is 2.37. The van der Waals surface area contributed by atoms with E-state index in [1.807, 2.05) is 36.4 Å². The Morgan fingerprint density at radius 2 is 1.15 bits per heavy atom. The number of carbonyl (C=O) groups excluding carboxylic acids is 5. The molecule has 1 aromatic rings. The molecule has 0 N–H and O–H groups in total. The van der Waals surface area contributed by atoms with Gasteiger partial charge in [0.15, 0.2) is 24.5 Å². The van der Waals surface area contributed by atoms with Crippen molar-refractivity contribution in [3.63, 3.8) is 0 Å². The van der Waals surface area contributed by atoms with Crippen molar-refractivity contribution in [2.24, 2.45) is 21.7 Å². The van der Waals surface area contributed by atoms with Crippen molar-refractivity contribution in [1.29, 1.82) is 0 Å². The summed E-state index contributed by atoms with van der Waals surface area (Å²) < 4.78 is 30.3. The minimum atomic E-state index is -1.44. The molecule has 266 valence electrons. The van der Waals surface area contributed by atoms with Crippen molar-refractivity contribution < 1.29 is 47.7 Å². The number of rotatable bonds is 7. The number of benzene rings is 1. The van der Waals surface area contributed by atoms with Gasteiger partial charge >= 0.3 is 23.9 Å². The van der Waals surface area contributed by atoms with Gasteiger partial charge in [0.25, 0.3) is 0 Å². The Labute approximate surface area is 284 Å². The molecule has 1 amide bonds. The van der Waals surface area contributed by atoms with Gasteiger partial charge in [0.1, 0.15) is 12.7 Å². The molecule has 1 saturated heterocycles. The zero-order valence-electron chi connectivity index (χ0n) is 30.4. The summed E-state index contributed by atoms with van der Waals surface area (Å²) in [6.45, 7) is 19.6. The fourth-order valence-electron chi connectivity index (χ4n) is 4.73. The average Bonchev–Trinajstić information content (AvgIpc) is 2.96. The molecule has 2 aliphatic rings. The molecule has 11 heteroatoms. The Hall–Kier alpha value is -3.73. The normalized spacial score (nSPS) is 25.2. The van der Waals surface area contributed by atoms with Crippen LogP contribution in [-0.4, -0.2) is 71.9 Å². The maximum Gasteiger partial charge on any atom is 0.311 e. The number of amides is 1. The number of hydrogen-bond acceptors (Lipinski definition) is 10. The molecule has 0 bridgehead atoms. The zero-order valence-corrected chi connectivity index (χ0v) is 30.4. The second kappa shape index (κ2) is 14.4. The minimum Gasteiger partial charge on any atom is -0.462 e. The lowest BCUT2D eigenvalue weighted by atomic mass is 9.90. The maximum absolute atomic E-state index is 13.9. The summed E-state index contributed by atoms with van der Waals surface area (Å²) in [5, 5.41) is 0. The van der Waals surface area contributed by atoms with E-state index in [4.69, 9.17) is 23.7 Å². The Kier molecular flexibility index (Phi) is 11.6. The molecular formula is C37H53NO10. The number of esters is 4. The van der Waals surface area contributed by atoms with Crippen molar-refractivity contribution >= 4 is 29.8 Å². The van der Waals surface area contributed by atoms with E-state index in [9.17, 15) is 24.0 Å². The van der Waals surface area contributed by atoms with E-state index in [0.717, 1.165) is 5.56 Å². The van der Waals surface area contributed by atoms with Gasteiger partial charge < -0.3 is 23.7 Å². The third kappa shape index (κ3) is 9.67. The Bertz CT molecular complexity index is 1370. The lowest BCUT2D eigenvalue weighted by Gasteiger charge is -2.48. The molecule has 0 saturated carbocycles. The predicted molar refractivity (Wildman–Crippen MR) is 177 cm³/mol. The SMILES string of the molecule is CC(C)(C)C(=O)OC[C@H]1O[C@H](N2C=C[C@H](c3ccccc3)CC2=O)[C@H](OC(=O)C(C)(C)C)[C@@H](OC(=O)C(C)(C)C)[C@H]1OC(=O)C(C)(C)C. The molecule has 2 heterocycles. The molecule has 2 aliphatic heterocycles. The minimum absolute atomic E-state index is 0.0822. The third-order valence-electron chi connectivity index (χ3n) is 7.83. The average molecular weight is 672 g/mol. The topological polar surface area (TPSA) is 135 Å². The number of carbonyl (C=O) groups is 5. The van der Waals surface area contributed by atoms with Gasteiger partial charge in [0, 0.05) is 18.5 Å². The van der Waals surface area contributed by atoms with Crippen LogP contribution in [0, 0.1) is 21.7 Å². The maximum atomic E-state index is 13.9. The standard InChI is InChI=1S/C37H53NO10/c1-34(2,3)30(40)44-21-24-26(46-31(41)35(4,5)6)27(47-32(42)36(7,8)9)28(48-33(43)37(10,11)12)29(45-24)38-19-18-23(20-25(38)39)22-16-14-13-15-17-22/h13-19,23-24,26-29H,20-21H2,1-12H3/t23-,24+,26-,27-,28+,29-/m0/s1. The van der Waals surface area contributed by atoms with Gasteiger partial charge in [0.05, 0.1) is 21.7 Å². The van der Waals surface area contributed by atoms with Gasteiger partial charge in [-0.05, 0) is 88.6 Å². The summed E-state index contributed by atoms with van der Waals surface area (Å²) in [6, 6.07) is 9.53. The van der Waals surface area contributed by atoms with Crippen LogP contribution in [-0.2, 0) is 47.7 Å². The lowest BCUT2D eigenvalue weighted by molar-refractivity contribution is -0.278. The first-order valence-electron chi connectivity index (χ1n) is 16.4. The van der Waals surface area contributed by atoms with Crippen molar-refractivity contribution in [2.45, 2.75) is 126 Å². The first-order valence-corrected chi connectivity index (χ1v) is 16.4. The van der Waals surface area contributed by atoms with E-state index in [1.54, 1.807) is 89.3 Å². The second-order valence-corrected chi connectivity index (χ2v) is 16.6. The van der Waals surface area contributed by atoms with Gasteiger partial charge in [0.2, 0.25) is 5.91 Å². The summed E-state index contributed by atoms with van der Waals surface area (Å²) in [4.78, 5) is 68.5. The highest BCUT2D eigenvalue weighted by Gasteiger charge is 2.56. The fraction of sp³-hybridized carbons (Fsp3) is 0.649. The Morgan fingerprint density at radius 3 is 1.60 bits per heavy atom. The molecule has 1 fully saturated rings. The summed E-state index contributed by atoms with van der Waals surface area (Å²) in [7, 11) is 0. The van der Waals surface area contributed by atoms with Gasteiger partial charge in [-0.15, -0.1) is 0 Å². The smallest absolute Gasteiger partial charge is 0.311 e. The molecule has 0 spiro atoms. The van der Waals surface area contributed by atoms with Crippen molar-refractivity contribution in [2.75, 3.05) is 6.61 Å². The summed E-state index contributed by atoms with van der Waals surface area (Å²) in [5.41, 5.74) is -2.92. The molecule has 0 aliphatic carbocycles. The third-order valence-corrected chi connectivity index (χ3v) is 7.83. The van der Waals surface area contributed by atoms with Gasteiger partial charge in [-0.1, -0.05) is 36.4 Å². The van der Waals surface area contributed by atoms with Gasteiger partial charge in [-0.2, -0.15) is 0 Å². The van der Waals surface area contributed by atoms with E-state index in [1.165, 1.54) is 4.90 Å². The molecule has 3 rings (SSSR count). The van der Waals surface area contributed by atoms with Crippen LogP contribution in [0.25, 0.3) is 0 Å². The quantitative estimate of drug-likeness (QED) is 0.262. The fourth-order valence-corrected chi connectivity index (χ4v) is 4.73. The molecule has 1 aromatic carbocycles. The summed E-state index contributed by atoms with van der Waals surface area (Å²) >= 11 is 0. The lowest BCUT2D eigenvalue weighted by Crippen LogP contribution is -2.67. The first-order chi connectivity index (χ1) is 21.9. The number of ether oxygens (including phenoxy) is 5.